The molecule has 1 amide bonds. The first kappa shape index (κ1) is 17.3. The number of rotatable bonds is 6. The lowest BCUT2D eigenvalue weighted by Gasteiger charge is -2.16. The second-order valence-corrected chi connectivity index (χ2v) is 6.31. The minimum absolute atomic E-state index is 0.0289. The SMILES string of the molecule is COc1ccc(C(C)NC(=O)C2CC2c2ccccc2F)cc1OC. The Balaban J connectivity index is 1.65. The van der Waals surface area contributed by atoms with E-state index in [1.165, 1.54) is 6.07 Å². The predicted molar refractivity (Wildman–Crippen MR) is 93.4 cm³/mol. The van der Waals surface area contributed by atoms with E-state index in [4.69, 9.17) is 9.47 Å². The molecule has 0 radical (unpaired) electrons. The molecule has 0 heterocycles. The first-order chi connectivity index (χ1) is 12.0. The highest BCUT2D eigenvalue weighted by molar-refractivity contribution is 5.83. The third-order valence-electron chi connectivity index (χ3n) is 4.70. The van der Waals surface area contributed by atoms with Gasteiger partial charge in [0.1, 0.15) is 5.82 Å². The van der Waals surface area contributed by atoms with Crippen LogP contribution in [0, 0.1) is 11.7 Å². The van der Waals surface area contributed by atoms with E-state index in [0.717, 1.165) is 5.56 Å². The third-order valence-corrected chi connectivity index (χ3v) is 4.70. The van der Waals surface area contributed by atoms with E-state index in [-0.39, 0.29) is 29.6 Å². The molecule has 2 aromatic carbocycles. The zero-order valence-corrected chi connectivity index (χ0v) is 14.6. The largest absolute Gasteiger partial charge is 0.493 e. The Kier molecular flexibility index (Phi) is 4.93. The molecule has 4 nitrogen and oxygen atoms in total. The van der Waals surface area contributed by atoms with Crippen molar-refractivity contribution >= 4 is 5.91 Å². The molecule has 1 aliphatic carbocycles. The summed E-state index contributed by atoms with van der Waals surface area (Å²) in [6.45, 7) is 1.92. The summed E-state index contributed by atoms with van der Waals surface area (Å²) in [4.78, 5) is 12.5. The molecule has 0 bridgehead atoms. The van der Waals surface area contributed by atoms with Crippen LogP contribution in [0.3, 0.4) is 0 Å². The molecular formula is C20H22FNO3. The molecule has 2 aromatic rings. The van der Waals surface area contributed by atoms with Gasteiger partial charge in [0.25, 0.3) is 0 Å². The highest BCUT2D eigenvalue weighted by Crippen LogP contribution is 2.48. The summed E-state index contributed by atoms with van der Waals surface area (Å²) in [6, 6.07) is 12.1. The maximum atomic E-state index is 13.8. The number of amides is 1. The average molecular weight is 343 g/mol. The van der Waals surface area contributed by atoms with E-state index >= 15 is 0 Å². The lowest BCUT2D eigenvalue weighted by Crippen LogP contribution is -2.28. The van der Waals surface area contributed by atoms with Crippen LogP contribution < -0.4 is 14.8 Å². The van der Waals surface area contributed by atoms with Crippen LogP contribution in [-0.4, -0.2) is 20.1 Å². The fourth-order valence-electron chi connectivity index (χ4n) is 3.13. The molecule has 0 aromatic heterocycles. The van der Waals surface area contributed by atoms with E-state index in [0.29, 0.717) is 23.5 Å². The molecule has 1 fully saturated rings. The Bertz CT molecular complexity index is 777. The van der Waals surface area contributed by atoms with Gasteiger partial charge < -0.3 is 14.8 Å². The van der Waals surface area contributed by atoms with E-state index in [2.05, 4.69) is 5.32 Å². The van der Waals surface area contributed by atoms with Gasteiger partial charge in [-0.15, -0.1) is 0 Å². The van der Waals surface area contributed by atoms with Crippen LogP contribution in [0.15, 0.2) is 42.5 Å². The summed E-state index contributed by atoms with van der Waals surface area (Å²) in [6.07, 6.45) is 0.686. The topological polar surface area (TPSA) is 47.6 Å². The molecule has 3 unspecified atom stereocenters. The van der Waals surface area contributed by atoms with E-state index < -0.39 is 0 Å². The van der Waals surface area contributed by atoms with Gasteiger partial charge in [0.2, 0.25) is 5.91 Å². The van der Waals surface area contributed by atoms with E-state index in [1.807, 2.05) is 25.1 Å². The lowest BCUT2D eigenvalue weighted by molar-refractivity contribution is -0.123. The standard InChI is InChI=1S/C20H22FNO3/c1-12(13-8-9-18(24-2)19(10-13)25-3)22-20(23)16-11-15(16)14-6-4-5-7-17(14)21/h4-10,12,15-16H,11H2,1-3H3,(H,22,23). The van der Waals surface area contributed by atoms with Crippen LogP contribution in [0.1, 0.15) is 36.4 Å². The van der Waals surface area contributed by atoms with Crippen molar-refractivity contribution in [3.8, 4) is 11.5 Å². The summed E-state index contributed by atoms with van der Waals surface area (Å²) >= 11 is 0. The second kappa shape index (κ2) is 7.13. The smallest absolute Gasteiger partial charge is 0.224 e. The number of halogens is 1. The maximum Gasteiger partial charge on any atom is 0.224 e. The van der Waals surface area contributed by atoms with Gasteiger partial charge in [0.05, 0.1) is 20.3 Å². The van der Waals surface area contributed by atoms with Crippen LogP contribution in [0.4, 0.5) is 4.39 Å². The van der Waals surface area contributed by atoms with Crippen LogP contribution in [0.2, 0.25) is 0 Å². The summed E-state index contributed by atoms with van der Waals surface area (Å²) in [5.41, 5.74) is 1.55. The Morgan fingerprint density at radius 1 is 1.16 bits per heavy atom. The third kappa shape index (κ3) is 3.60. The van der Waals surface area contributed by atoms with Crippen molar-refractivity contribution in [3.05, 3.63) is 59.4 Å². The number of hydrogen-bond acceptors (Lipinski definition) is 3. The molecule has 0 saturated heterocycles. The number of carbonyl (C=O) groups excluding carboxylic acids is 1. The number of carbonyl (C=O) groups is 1. The molecule has 0 spiro atoms. The summed E-state index contributed by atoms with van der Waals surface area (Å²) in [7, 11) is 3.16. The first-order valence-electron chi connectivity index (χ1n) is 8.32. The van der Waals surface area contributed by atoms with Gasteiger partial charge in [-0.2, -0.15) is 0 Å². The van der Waals surface area contributed by atoms with Gasteiger partial charge >= 0.3 is 0 Å². The summed E-state index contributed by atoms with van der Waals surface area (Å²) in [5.74, 6) is 0.785. The monoisotopic (exact) mass is 343 g/mol. The Hall–Kier alpha value is -2.56. The Morgan fingerprint density at radius 3 is 2.56 bits per heavy atom. The summed E-state index contributed by atoms with van der Waals surface area (Å²) < 4.78 is 24.4. The first-order valence-corrected chi connectivity index (χ1v) is 8.32. The van der Waals surface area contributed by atoms with Crippen molar-refractivity contribution in [1.82, 2.24) is 5.32 Å². The van der Waals surface area contributed by atoms with Crippen molar-refractivity contribution in [1.29, 1.82) is 0 Å². The predicted octanol–water partition coefficient (Wildman–Crippen LogP) is 3.82. The second-order valence-electron chi connectivity index (χ2n) is 6.31. The molecule has 25 heavy (non-hydrogen) atoms. The van der Waals surface area contributed by atoms with Crippen LogP contribution in [-0.2, 0) is 4.79 Å². The Labute approximate surface area is 147 Å². The molecule has 132 valence electrons. The highest BCUT2D eigenvalue weighted by Gasteiger charge is 2.45. The van der Waals surface area contributed by atoms with Gasteiger partial charge in [-0.25, -0.2) is 4.39 Å². The number of hydrogen-bond donors (Lipinski definition) is 1. The molecule has 5 heteroatoms. The molecule has 1 N–H and O–H groups in total. The fraction of sp³-hybridized carbons (Fsp3) is 0.350. The molecule has 3 atom stereocenters. The van der Waals surface area contributed by atoms with Crippen LogP contribution in [0.5, 0.6) is 11.5 Å². The van der Waals surface area contributed by atoms with E-state index in [1.54, 1.807) is 32.4 Å². The number of ether oxygens (including phenoxy) is 2. The van der Waals surface area contributed by atoms with Gasteiger partial charge in [-0.3, -0.25) is 4.79 Å². The van der Waals surface area contributed by atoms with Crippen molar-refractivity contribution < 1.29 is 18.7 Å². The van der Waals surface area contributed by atoms with Gasteiger partial charge in [0.15, 0.2) is 11.5 Å². The van der Waals surface area contributed by atoms with Gasteiger partial charge in [-0.1, -0.05) is 24.3 Å². The average Bonchev–Trinajstić information content (AvgIpc) is 3.42. The quantitative estimate of drug-likeness (QED) is 0.867. The molecule has 1 aliphatic rings. The van der Waals surface area contributed by atoms with Crippen molar-refractivity contribution in [3.63, 3.8) is 0 Å². The normalized spacial score (nSPS) is 19.8. The van der Waals surface area contributed by atoms with E-state index in [9.17, 15) is 9.18 Å². The van der Waals surface area contributed by atoms with Crippen LogP contribution >= 0.6 is 0 Å². The minimum Gasteiger partial charge on any atom is -0.493 e. The van der Waals surface area contributed by atoms with Crippen molar-refractivity contribution in [2.75, 3.05) is 14.2 Å². The molecular weight excluding hydrogens is 321 g/mol. The molecule has 1 saturated carbocycles. The number of methoxy groups -OCH3 is 2. The fourth-order valence-corrected chi connectivity index (χ4v) is 3.13. The van der Waals surface area contributed by atoms with Crippen molar-refractivity contribution in [2.24, 2.45) is 5.92 Å². The minimum atomic E-state index is -0.240. The lowest BCUT2D eigenvalue weighted by atomic mass is 10.1. The molecule has 0 aliphatic heterocycles. The van der Waals surface area contributed by atoms with Crippen LogP contribution in [0.25, 0.3) is 0 Å². The zero-order valence-electron chi connectivity index (χ0n) is 14.6. The van der Waals surface area contributed by atoms with Crippen molar-refractivity contribution in [2.45, 2.75) is 25.3 Å². The van der Waals surface area contributed by atoms with Gasteiger partial charge in [-0.05, 0) is 48.6 Å². The maximum absolute atomic E-state index is 13.8. The van der Waals surface area contributed by atoms with Gasteiger partial charge in [0, 0.05) is 5.92 Å². The Morgan fingerprint density at radius 2 is 1.88 bits per heavy atom. The zero-order chi connectivity index (χ0) is 18.0. The summed E-state index contributed by atoms with van der Waals surface area (Å²) in [5, 5.41) is 3.01. The highest BCUT2D eigenvalue weighted by atomic mass is 19.1. The number of nitrogens with one attached hydrogen (secondary N) is 1. The number of benzene rings is 2. The molecule has 3 rings (SSSR count).